The molecule has 1 aromatic heterocycles. The maximum atomic E-state index is 5.52. The van der Waals surface area contributed by atoms with Crippen LogP contribution in [0.15, 0.2) is 52.1 Å². The molecule has 2 rings (SSSR count). The Kier molecular flexibility index (Phi) is 8.84. The molecule has 0 aliphatic rings. The van der Waals surface area contributed by atoms with Gasteiger partial charge in [-0.25, -0.2) is 0 Å². The van der Waals surface area contributed by atoms with Crippen LogP contribution in [0.2, 0.25) is 0 Å². The number of furan rings is 1. The number of halogens is 1. The van der Waals surface area contributed by atoms with Crippen LogP contribution in [0.25, 0.3) is 0 Å². The van der Waals surface area contributed by atoms with Gasteiger partial charge in [-0.15, -0.1) is 24.0 Å². The average Bonchev–Trinajstić information content (AvgIpc) is 3.04. The number of aliphatic imine (C=N–C) groups is 1. The molecule has 24 heavy (non-hydrogen) atoms. The van der Waals surface area contributed by atoms with Gasteiger partial charge in [0.25, 0.3) is 0 Å². The average molecular weight is 442 g/mol. The molecule has 5 nitrogen and oxygen atoms in total. The molecule has 1 heterocycles. The molecule has 1 atom stereocenters. The van der Waals surface area contributed by atoms with E-state index in [-0.39, 0.29) is 30.0 Å². The van der Waals surface area contributed by atoms with Crippen LogP contribution in [0, 0.1) is 6.92 Å². The van der Waals surface area contributed by atoms with E-state index in [9.17, 15) is 0 Å². The van der Waals surface area contributed by atoms with Crippen molar-refractivity contribution in [3.63, 3.8) is 0 Å². The standard InChI is InChI=1S/C18H26N4O.HI/c1-14-7-5-8-15(11-14)12-20-18(19-2)21-13-16(22(3)4)17-9-6-10-23-17;/h5-11,16H,12-13H2,1-4H3,(H2,19,20,21);1H. The third-order valence-corrected chi connectivity index (χ3v) is 3.72. The maximum Gasteiger partial charge on any atom is 0.191 e. The Bertz CT molecular complexity index is 626. The molecule has 0 saturated carbocycles. The summed E-state index contributed by atoms with van der Waals surface area (Å²) >= 11 is 0. The molecule has 6 heteroatoms. The highest BCUT2D eigenvalue weighted by atomic mass is 127. The summed E-state index contributed by atoms with van der Waals surface area (Å²) in [6, 6.07) is 12.5. The molecule has 0 spiro atoms. The number of benzene rings is 1. The van der Waals surface area contributed by atoms with E-state index in [2.05, 4.69) is 51.7 Å². The summed E-state index contributed by atoms with van der Waals surface area (Å²) in [6.45, 7) is 3.56. The van der Waals surface area contributed by atoms with Crippen molar-refractivity contribution in [3.8, 4) is 0 Å². The summed E-state index contributed by atoms with van der Waals surface area (Å²) in [5.41, 5.74) is 2.50. The first kappa shape index (κ1) is 20.5. The lowest BCUT2D eigenvalue weighted by atomic mass is 10.1. The number of guanidine groups is 1. The summed E-state index contributed by atoms with van der Waals surface area (Å²) in [7, 11) is 5.86. The summed E-state index contributed by atoms with van der Waals surface area (Å²) in [5.74, 6) is 1.72. The van der Waals surface area contributed by atoms with Crippen molar-refractivity contribution >= 4 is 29.9 Å². The molecule has 0 aliphatic carbocycles. The first-order chi connectivity index (χ1) is 11.1. The van der Waals surface area contributed by atoms with Gasteiger partial charge in [-0.05, 0) is 38.7 Å². The van der Waals surface area contributed by atoms with Gasteiger partial charge in [0.05, 0.1) is 12.3 Å². The molecule has 0 radical (unpaired) electrons. The highest BCUT2D eigenvalue weighted by Gasteiger charge is 2.17. The fraction of sp³-hybridized carbons (Fsp3) is 0.389. The molecule has 0 amide bonds. The van der Waals surface area contributed by atoms with Crippen molar-refractivity contribution in [1.82, 2.24) is 15.5 Å². The Morgan fingerprint density at radius 1 is 1.21 bits per heavy atom. The minimum atomic E-state index is 0. The topological polar surface area (TPSA) is 52.8 Å². The number of aryl methyl sites for hydroxylation is 1. The van der Waals surface area contributed by atoms with Crippen molar-refractivity contribution in [3.05, 3.63) is 59.5 Å². The lowest BCUT2D eigenvalue weighted by Gasteiger charge is -2.23. The Morgan fingerprint density at radius 2 is 2.00 bits per heavy atom. The van der Waals surface area contributed by atoms with Crippen molar-refractivity contribution in [2.45, 2.75) is 19.5 Å². The predicted molar refractivity (Wildman–Crippen MR) is 110 cm³/mol. The molecule has 1 aromatic carbocycles. The Hall–Kier alpha value is -1.54. The summed E-state index contributed by atoms with van der Waals surface area (Å²) in [6.07, 6.45) is 1.71. The van der Waals surface area contributed by atoms with Gasteiger partial charge in [-0.3, -0.25) is 9.89 Å². The molecule has 0 fully saturated rings. The normalized spacial score (nSPS) is 12.6. The molecular weight excluding hydrogens is 415 g/mol. The molecule has 2 N–H and O–H groups in total. The molecule has 0 saturated heterocycles. The van der Waals surface area contributed by atoms with Crippen LogP contribution in [0.1, 0.15) is 22.9 Å². The molecule has 0 aliphatic heterocycles. The highest BCUT2D eigenvalue weighted by Crippen LogP contribution is 2.17. The SMILES string of the molecule is CN=C(NCc1cccc(C)c1)NCC(c1ccco1)N(C)C.I. The highest BCUT2D eigenvalue weighted by molar-refractivity contribution is 14.0. The summed E-state index contributed by atoms with van der Waals surface area (Å²) in [5, 5.41) is 6.70. The lowest BCUT2D eigenvalue weighted by Crippen LogP contribution is -2.41. The number of nitrogens with zero attached hydrogens (tertiary/aromatic N) is 2. The van der Waals surface area contributed by atoms with E-state index in [1.54, 1.807) is 13.3 Å². The number of hydrogen-bond donors (Lipinski definition) is 2. The summed E-state index contributed by atoms with van der Waals surface area (Å²) in [4.78, 5) is 6.41. The largest absolute Gasteiger partial charge is 0.468 e. The van der Waals surface area contributed by atoms with Gasteiger partial charge in [-0.2, -0.15) is 0 Å². The predicted octanol–water partition coefficient (Wildman–Crippen LogP) is 3.17. The number of nitrogens with one attached hydrogen (secondary N) is 2. The van der Waals surface area contributed by atoms with Crippen LogP contribution in [0.5, 0.6) is 0 Å². The number of rotatable bonds is 6. The van der Waals surface area contributed by atoms with E-state index >= 15 is 0 Å². The minimum absolute atomic E-state index is 0. The van der Waals surface area contributed by atoms with Crippen LogP contribution < -0.4 is 10.6 Å². The van der Waals surface area contributed by atoms with Crippen LogP contribution >= 0.6 is 24.0 Å². The summed E-state index contributed by atoms with van der Waals surface area (Å²) < 4.78 is 5.52. The second-order valence-electron chi connectivity index (χ2n) is 5.79. The quantitative estimate of drug-likeness (QED) is 0.410. The first-order valence-electron chi connectivity index (χ1n) is 7.80. The van der Waals surface area contributed by atoms with Gasteiger partial charge in [-0.1, -0.05) is 29.8 Å². The van der Waals surface area contributed by atoms with E-state index in [1.165, 1.54) is 11.1 Å². The fourth-order valence-electron chi connectivity index (χ4n) is 2.44. The third-order valence-electron chi connectivity index (χ3n) is 3.72. The molecule has 2 aromatic rings. The monoisotopic (exact) mass is 442 g/mol. The van der Waals surface area contributed by atoms with Crippen molar-refractivity contribution in [2.24, 2.45) is 4.99 Å². The van der Waals surface area contributed by atoms with Crippen LogP contribution in [-0.2, 0) is 6.54 Å². The van der Waals surface area contributed by atoms with Crippen molar-refractivity contribution < 1.29 is 4.42 Å². The second kappa shape index (κ2) is 10.4. The smallest absolute Gasteiger partial charge is 0.191 e. The number of hydrogen-bond acceptors (Lipinski definition) is 3. The van der Waals surface area contributed by atoms with Gasteiger partial charge < -0.3 is 15.1 Å². The molecular formula is C18H27IN4O. The Morgan fingerprint density at radius 3 is 2.58 bits per heavy atom. The van der Waals surface area contributed by atoms with Gasteiger partial charge in [0.1, 0.15) is 5.76 Å². The van der Waals surface area contributed by atoms with E-state index in [0.717, 1.165) is 18.3 Å². The molecule has 132 valence electrons. The molecule has 1 unspecified atom stereocenters. The zero-order chi connectivity index (χ0) is 16.7. The van der Waals surface area contributed by atoms with Gasteiger partial charge in [0.15, 0.2) is 5.96 Å². The van der Waals surface area contributed by atoms with Crippen LogP contribution in [0.3, 0.4) is 0 Å². The maximum absolute atomic E-state index is 5.52. The minimum Gasteiger partial charge on any atom is -0.468 e. The second-order valence-corrected chi connectivity index (χ2v) is 5.79. The zero-order valence-corrected chi connectivity index (χ0v) is 17.1. The van der Waals surface area contributed by atoms with Crippen LogP contribution in [0.4, 0.5) is 0 Å². The van der Waals surface area contributed by atoms with Gasteiger partial charge in [0.2, 0.25) is 0 Å². The fourth-order valence-corrected chi connectivity index (χ4v) is 2.44. The van der Waals surface area contributed by atoms with E-state index in [0.29, 0.717) is 6.54 Å². The van der Waals surface area contributed by atoms with Gasteiger partial charge in [0, 0.05) is 20.1 Å². The van der Waals surface area contributed by atoms with E-state index in [1.807, 2.05) is 26.2 Å². The first-order valence-corrected chi connectivity index (χ1v) is 7.80. The van der Waals surface area contributed by atoms with Crippen molar-refractivity contribution in [2.75, 3.05) is 27.7 Å². The third kappa shape index (κ3) is 6.16. The Balaban J connectivity index is 0.00000288. The lowest BCUT2D eigenvalue weighted by molar-refractivity contribution is 0.258. The zero-order valence-electron chi connectivity index (χ0n) is 14.7. The van der Waals surface area contributed by atoms with Gasteiger partial charge >= 0.3 is 0 Å². The van der Waals surface area contributed by atoms with E-state index in [4.69, 9.17) is 4.42 Å². The van der Waals surface area contributed by atoms with E-state index < -0.39 is 0 Å². The molecule has 0 bridgehead atoms. The number of likely N-dealkylation sites (N-methyl/N-ethyl adjacent to an activating group) is 1. The van der Waals surface area contributed by atoms with Crippen molar-refractivity contribution in [1.29, 1.82) is 0 Å². The van der Waals surface area contributed by atoms with Crippen LogP contribution in [-0.4, -0.2) is 38.5 Å². The Labute approximate surface area is 161 Å².